The number of benzene rings is 2. The molecule has 0 radical (unpaired) electrons. The van der Waals surface area contributed by atoms with Crippen LogP contribution in [0.1, 0.15) is 34.0 Å². The molecule has 1 unspecified atom stereocenters. The van der Waals surface area contributed by atoms with Crippen molar-refractivity contribution in [2.75, 3.05) is 20.8 Å². The zero-order chi connectivity index (χ0) is 20.5. The van der Waals surface area contributed by atoms with E-state index in [0.717, 1.165) is 42.3 Å². The Bertz CT molecular complexity index is 1020. The molecule has 0 N–H and O–H groups in total. The van der Waals surface area contributed by atoms with Gasteiger partial charge in [0.05, 0.1) is 26.0 Å². The van der Waals surface area contributed by atoms with Crippen LogP contribution in [0.2, 0.25) is 5.15 Å². The molecular weight excluding hydrogens is 386 g/mol. The lowest BCUT2D eigenvalue weighted by molar-refractivity contribution is 0.203. The van der Waals surface area contributed by atoms with E-state index >= 15 is 0 Å². The Morgan fingerprint density at radius 3 is 2.41 bits per heavy atom. The number of aryl methyl sites for hydroxylation is 2. The van der Waals surface area contributed by atoms with Gasteiger partial charge in [-0.1, -0.05) is 41.9 Å². The lowest BCUT2D eigenvalue weighted by atomic mass is 9.87. The van der Waals surface area contributed by atoms with E-state index in [9.17, 15) is 0 Å². The van der Waals surface area contributed by atoms with E-state index in [1.54, 1.807) is 18.9 Å². The fourth-order valence-corrected chi connectivity index (χ4v) is 4.48. The van der Waals surface area contributed by atoms with Crippen LogP contribution in [0.25, 0.3) is 0 Å². The molecule has 152 valence electrons. The molecule has 0 spiro atoms. The van der Waals surface area contributed by atoms with Crippen LogP contribution < -0.4 is 9.47 Å². The average molecular weight is 412 g/mol. The van der Waals surface area contributed by atoms with Crippen LogP contribution >= 0.6 is 11.6 Å². The van der Waals surface area contributed by atoms with Gasteiger partial charge in [-0.25, -0.2) is 0 Å². The Labute approximate surface area is 176 Å². The molecule has 2 heterocycles. The lowest BCUT2D eigenvalue weighted by Crippen LogP contribution is -2.36. The van der Waals surface area contributed by atoms with Gasteiger partial charge < -0.3 is 9.47 Å². The zero-order valence-electron chi connectivity index (χ0n) is 17.3. The molecule has 2 aromatic carbocycles. The summed E-state index contributed by atoms with van der Waals surface area (Å²) in [6.07, 6.45) is 0.940. The average Bonchev–Trinajstić information content (AvgIpc) is 2.99. The molecule has 6 heteroatoms. The van der Waals surface area contributed by atoms with Crippen molar-refractivity contribution in [1.29, 1.82) is 0 Å². The van der Waals surface area contributed by atoms with Crippen LogP contribution in [-0.4, -0.2) is 35.4 Å². The molecule has 0 amide bonds. The first-order valence-electron chi connectivity index (χ1n) is 9.75. The Morgan fingerprint density at radius 1 is 1.10 bits per heavy atom. The van der Waals surface area contributed by atoms with Crippen molar-refractivity contribution in [2.45, 2.75) is 25.9 Å². The van der Waals surface area contributed by atoms with Crippen LogP contribution in [0, 0.1) is 6.92 Å². The van der Waals surface area contributed by atoms with Gasteiger partial charge in [0.2, 0.25) is 0 Å². The number of nitrogens with zero attached hydrogens (tertiary/aromatic N) is 3. The second-order valence-electron chi connectivity index (χ2n) is 7.42. The number of rotatable bonds is 5. The topological polar surface area (TPSA) is 39.5 Å². The van der Waals surface area contributed by atoms with Gasteiger partial charge in [0, 0.05) is 25.7 Å². The monoisotopic (exact) mass is 411 g/mol. The van der Waals surface area contributed by atoms with Gasteiger partial charge in [-0.3, -0.25) is 9.58 Å². The minimum atomic E-state index is 0.107. The van der Waals surface area contributed by atoms with E-state index in [-0.39, 0.29) is 6.04 Å². The van der Waals surface area contributed by atoms with Crippen LogP contribution in [0.5, 0.6) is 11.5 Å². The highest BCUT2D eigenvalue weighted by atomic mass is 35.5. The van der Waals surface area contributed by atoms with Crippen LogP contribution in [0.15, 0.2) is 42.5 Å². The predicted octanol–water partition coefficient (Wildman–Crippen LogP) is 4.55. The van der Waals surface area contributed by atoms with Gasteiger partial charge in [-0.2, -0.15) is 5.10 Å². The molecule has 4 rings (SSSR count). The second-order valence-corrected chi connectivity index (χ2v) is 7.78. The maximum Gasteiger partial charge on any atom is 0.161 e. The van der Waals surface area contributed by atoms with Crippen LogP contribution in [0.3, 0.4) is 0 Å². The van der Waals surface area contributed by atoms with Crippen molar-refractivity contribution >= 4 is 11.6 Å². The number of ether oxygens (including phenoxy) is 2. The Kier molecular flexibility index (Phi) is 5.52. The summed E-state index contributed by atoms with van der Waals surface area (Å²) in [6, 6.07) is 14.9. The Morgan fingerprint density at radius 2 is 1.79 bits per heavy atom. The first-order valence-corrected chi connectivity index (χ1v) is 10.1. The predicted molar refractivity (Wildman–Crippen MR) is 115 cm³/mol. The minimum absolute atomic E-state index is 0.107. The van der Waals surface area contributed by atoms with E-state index in [2.05, 4.69) is 46.4 Å². The van der Waals surface area contributed by atoms with E-state index in [4.69, 9.17) is 21.1 Å². The van der Waals surface area contributed by atoms with Crippen molar-refractivity contribution in [3.05, 3.63) is 75.6 Å². The fourth-order valence-electron chi connectivity index (χ4n) is 4.25. The number of hydrogen-bond acceptors (Lipinski definition) is 4. The molecule has 5 nitrogen and oxygen atoms in total. The third kappa shape index (κ3) is 3.61. The molecule has 0 saturated carbocycles. The van der Waals surface area contributed by atoms with Crippen molar-refractivity contribution in [3.63, 3.8) is 0 Å². The summed E-state index contributed by atoms with van der Waals surface area (Å²) in [5.74, 6) is 1.53. The van der Waals surface area contributed by atoms with Gasteiger partial charge >= 0.3 is 0 Å². The van der Waals surface area contributed by atoms with E-state index in [1.807, 2.05) is 20.0 Å². The largest absolute Gasteiger partial charge is 0.493 e. The quantitative estimate of drug-likeness (QED) is 0.617. The standard InChI is InChI=1S/C23H26ClN3O2/c1-15-19(23(24)26(2)25-15)14-27-11-10-17-12-20(28-3)21(29-4)13-18(17)22(27)16-8-6-5-7-9-16/h5-9,12-13,22H,10-11,14H2,1-4H3. The van der Waals surface area contributed by atoms with E-state index < -0.39 is 0 Å². The third-order valence-electron chi connectivity index (χ3n) is 5.72. The number of hydrogen-bond donors (Lipinski definition) is 0. The number of methoxy groups -OCH3 is 2. The molecule has 1 aromatic heterocycles. The molecule has 0 fully saturated rings. The van der Waals surface area contributed by atoms with Crippen molar-refractivity contribution < 1.29 is 9.47 Å². The van der Waals surface area contributed by atoms with Crippen molar-refractivity contribution in [3.8, 4) is 11.5 Å². The summed E-state index contributed by atoms with van der Waals surface area (Å²) in [5, 5.41) is 5.19. The zero-order valence-corrected chi connectivity index (χ0v) is 18.0. The number of halogens is 1. The number of fused-ring (bicyclic) bond motifs is 1. The Hall–Kier alpha value is -2.50. The first-order chi connectivity index (χ1) is 14.0. The Balaban J connectivity index is 1.81. The maximum atomic E-state index is 6.55. The van der Waals surface area contributed by atoms with Crippen molar-refractivity contribution in [2.24, 2.45) is 7.05 Å². The van der Waals surface area contributed by atoms with Crippen LogP contribution in [0.4, 0.5) is 0 Å². The molecule has 0 bridgehead atoms. The van der Waals surface area contributed by atoms with E-state index in [0.29, 0.717) is 5.15 Å². The molecule has 29 heavy (non-hydrogen) atoms. The van der Waals surface area contributed by atoms with Crippen LogP contribution in [-0.2, 0) is 20.0 Å². The minimum Gasteiger partial charge on any atom is -0.493 e. The van der Waals surface area contributed by atoms with Gasteiger partial charge in [0.25, 0.3) is 0 Å². The normalized spacial score (nSPS) is 16.5. The summed E-state index contributed by atoms with van der Waals surface area (Å²) in [7, 11) is 5.25. The van der Waals surface area contributed by atoms with E-state index in [1.165, 1.54) is 16.7 Å². The molecule has 0 saturated heterocycles. The summed E-state index contributed by atoms with van der Waals surface area (Å²) in [4.78, 5) is 2.47. The number of aromatic nitrogens is 2. The molecular formula is C23H26ClN3O2. The molecule has 3 aromatic rings. The highest BCUT2D eigenvalue weighted by Gasteiger charge is 2.31. The van der Waals surface area contributed by atoms with Gasteiger partial charge in [-0.15, -0.1) is 0 Å². The summed E-state index contributed by atoms with van der Waals surface area (Å²) in [6.45, 7) is 3.68. The maximum absolute atomic E-state index is 6.55. The molecule has 1 aliphatic heterocycles. The van der Waals surface area contributed by atoms with Gasteiger partial charge in [-0.05, 0) is 42.2 Å². The smallest absolute Gasteiger partial charge is 0.161 e. The summed E-state index contributed by atoms with van der Waals surface area (Å²) in [5.41, 5.74) is 5.85. The molecule has 1 aliphatic rings. The van der Waals surface area contributed by atoms with Gasteiger partial charge in [0.1, 0.15) is 5.15 Å². The third-order valence-corrected chi connectivity index (χ3v) is 6.19. The molecule has 0 aliphatic carbocycles. The first kappa shape index (κ1) is 19.8. The second kappa shape index (κ2) is 8.09. The molecule has 1 atom stereocenters. The lowest BCUT2D eigenvalue weighted by Gasteiger charge is -2.38. The fraction of sp³-hybridized carbons (Fsp3) is 0.348. The van der Waals surface area contributed by atoms with Gasteiger partial charge in [0.15, 0.2) is 11.5 Å². The SMILES string of the molecule is COc1cc2c(cc1OC)C(c1ccccc1)N(Cc1c(C)nn(C)c1Cl)CC2. The highest BCUT2D eigenvalue weighted by molar-refractivity contribution is 6.30. The van der Waals surface area contributed by atoms with Crippen molar-refractivity contribution in [1.82, 2.24) is 14.7 Å². The highest BCUT2D eigenvalue weighted by Crippen LogP contribution is 2.42. The summed E-state index contributed by atoms with van der Waals surface area (Å²) < 4.78 is 12.9. The summed E-state index contributed by atoms with van der Waals surface area (Å²) >= 11 is 6.55.